The molecule has 2 aromatic rings. The van der Waals surface area contributed by atoms with E-state index in [1.54, 1.807) is 12.1 Å². The summed E-state index contributed by atoms with van der Waals surface area (Å²) in [5.41, 5.74) is 1.62. The van der Waals surface area contributed by atoms with Crippen molar-refractivity contribution in [1.82, 2.24) is 0 Å². The van der Waals surface area contributed by atoms with Crippen LogP contribution in [0.25, 0.3) is 11.1 Å². The standard InChI is InChI=1S/C12H7BrClF/c13-10-7-6-9(11(14)12(10)15)8-4-2-1-3-5-8/h1-7H. The van der Waals surface area contributed by atoms with E-state index in [0.29, 0.717) is 10.0 Å². The molecule has 0 radical (unpaired) electrons. The molecule has 2 aromatic carbocycles. The Kier molecular flexibility index (Phi) is 3.08. The molecular weight excluding hydrogens is 278 g/mol. The molecule has 76 valence electrons. The maximum atomic E-state index is 13.5. The molecule has 0 unspecified atom stereocenters. The number of halogens is 3. The Labute approximate surface area is 101 Å². The molecule has 0 aliphatic carbocycles. The second-order valence-electron chi connectivity index (χ2n) is 3.09. The molecule has 0 heterocycles. The minimum Gasteiger partial charge on any atom is -0.204 e. The quantitative estimate of drug-likeness (QED) is 0.653. The second-order valence-corrected chi connectivity index (χ2v) is 4.32. The number of rotatable bonds is 1. The van der Waals surface area contributed by atoms with Crippen molar-refractivity contribution >= 4 is 27.5 Å². The minimum absolute atomic E-state index is 0.149. The number of hydrogen-bond acceptors (Lipinski definition) is 0. The zero-order valence-electron chi connectivity index (χ0n) is 7.68. The maximum Gasteiger partial charge on any atom is 0.156 e. The third-order valence-electron chi connectivity index (χ3n) is 2.12. The molecule has 0 fully saturated rings. The van der Waals surface area contributed by atoms with E-state index in [2.05, 4.69) is 15.9 Å². The molecule has 0 saturated heterocycles. The van der Waals surface area contributed by atoms with Gasteiger partial charge in [0.05, 0.1) is 9.50 Å². The van der Waals surface area contributed by atoms with Crippen LogP contribution in [-0.2, 0) is 0 Å². The highest BCUT2D eigenvalue weighted by Crippen LogP contribution is 2.33. The second kappa shape index (κ2) is 4.33. The van der Waals surface area contributed by atoms with Crippen LogP contribution in [-0.4, -0.2) is 0 Å². The zero-order chi connectivity index (χ0) is 10.8. The Morgan fingerprint density at radius 1 is 1.00 bits per heavy atom. The summed E-state index contributed by atoms with van der Waals surface area (Å²) in [5.74, 6) is -0.419. The van der Waals surface area contributed by atoms with Crippen molar-refractivity contribution in [2.24, 2.45) is 0 Å². The fourth-order valence-electron chi connectivity index (χ4n) is 1.37. The monoisotopic (exact) mass is 284 g/mol. The minimum atomic E-state index is -0.419. The van der Waals surface area contributed by atoms with Crippen molar-refractivity contribution in [3.8, 4) is 11.1 Å². The summed E-state index contributed by atoms with van der Waals surface area (Å²) < 4.78 is 13.9. The van der Waals surface area contributed by atoms with E-state index >= 15 is 0 Å². The molecule has 0 amide bonds. The van der Waals surface area contributed by atoms with Crippen LogP contribution in [0.15, 0.2) is 46.9 Å². The molecule has 0 saturated carbocycles. The van der Waals surface area contributed by atoms with E-state index in [4.69, 9.17) is 11.6 Å². The molecule has 0 aromatic heterocycles. The summed E-state index contributed by atoms with van der Waals surface area (Å²) in [7, 11) is 0. The molecule has 0 spiro atoms. The Morgan fingerprint density at radius 3 is 2.33 bits per heavy atom. The summed E-state index contributed by atoms with van der Waals surface area (Å²) in [6.45, 7) is 0. The van der Waals surface area contributed by atoms with Crippen LogP contribution in [0.5, 0.6) is 0 Å². The van der Waals surface area contributed by atoms with E-state index in [1.807, 2.05) is 30.3 Å². The van der Waals surface area contributed by atoms with Crippen LogP contribution in [0.1, 0.15) is 0 Å². The van der Waals surface area contributed by atoms with Crippen LogP contribution in [0, 0.1) is 5.82 Å². The van der Waals surface area contributed by atoms with E-state index in [-0.39, 0.29) is 5.02 Å². The van der Waals surface area contributed by atoms with Crippen molar-refractivity contribution < 1.29 is 4.39 Å². The average Bonchev–Trinajstić information content (AvgIpc) is 2.27. The smallest absolute Gasteiger partial charge is 0.156 e. The normalized spacial score (nSPS) is 10.3. The van der Waals surface area contributed by atoms with Gasteiger partial charge < -0.3 is 0 Å². The lowest BCUT2D eigenvalue weighted by molar-refractivity contribution is 0.622. The fraction of sp³-hybridized carbons (Fsp3) is 0. The summed E-state index contributed by atoms with van der Waals surface area (Å²) in [4.78, 5) is 0. The van der Waals surface area contributed by atoms with Gasteiger partial charge in [0.15, 0.2) is 5.82 Å². The Morgan fingerprint density at radius 2 is 1.67 bits per heavy atom. The maximum absolute atomic E-state index is 13.5. The lowest BCUT2D eigenvalue weighted by Gasteiger charge is -2.06. The number of benzene rings is 2. The Hall–Kier alpha value is -0.860. The van der Waals surface area contributed by atoms with Gasteiger partial charge in [0.1, 0.15) is 0 Å². The van der Waals surface area contributed by atoms with Gasteiger partial charge in [-0.15, -0.1) is 0 Å². The van der Waals surface area contributed by atoms with Gasteiger partial charge in [-0.05, 0) is 27.6 Å². The third-order valence-corrected chi connectivity index (χ3v) is 3.10. The summed E-state index contributed by atoms with van der Waals surface area (Å²) >= 11 is 9.02. The average molecular weight is 286 g/mol. The third kappa shape index (κ3) is 2.06. The van der Waals surface area contributed by atoms with Crippen molar-refractivity contribution in [2.45, 2.75) is 0 Å². The molecule has 0 nitrogen and oxygen atoms in total. The summed E-state index contributed by atoms with van der Waals surface area (Å²) in [6.07, 6.45) is 0. The first-order chi connectivity index (χ1) is 7.20. The Bertz CT molecular complexity index is 482. The predicted octanol–water partition coefficient (Wildman–Crippen LogP) is 4.91. The van der Waals surface area contributed by atoms with Crippen molar-refractivity contribution in [1.29, 1.82) is 0 Å². The first-order valence-corrected chi connectivity index (χ1v) is 5.56. The van der Waals surface area contributed by atoms with Gasteiger partial charge in [-0.3, -0.25) is 0 Å². The van der Waals surface area contributed by atoms with Crippen molar-refractivity contribution in [2.75, 3.05) is 0 Å². The lowest BCUT2D eigenvalue weighted by Crippen LogP contribution is -1.85. The van der Waals surface area contributed by atoms with E-state index < -0.39 is 5.82 Å². The molecule has 0 aliphatic rings. The van der Waals surface area contributed by atoms with E-state index in [9.17, 15) is 4.39 Å². The van der Waals surface area contributed by atoms with Crippen LogP contribution in [0.4, 0.5) is 4.39 Å². The van der Waals surface area contributed by atoms with Gasteiger partial charge >= 0.3 is 0 Å². The topological polar surface area (TPSA) is 0 Å². The van der Waals surface area contributed by atoms with Gasteiger partial charge in [0.2, 0.25) is 0 Å². The molecular formula is C12H7BrClF. The van der Waals surface area contributed by atoms with Crippen LogP contribution >= 0.6 is 27.5 Å². The lowest BCUT2D eigenvalue weighted by atomic mass is 10.1. The molecule has 0 bridgehead atoms. The largest absolute Gasteiger partial charge is 0.204 e. The van der Waals surface area contributed by atoms with Gasteiger partial charge in [-0.25, -0.2) is 4.39 Å². The van der Waals surface area contributed by atoms with Crippen molar-refractivity contribution in [3.05, 3.63) is 57.8 Å². The molecule has 0 aliphatic heterocycles. The highest BCUT2D eigenvalue weighted by molar-refractivity contribution is 9.10. The Balaban J connectivity index is 2.60. The van der Waals surface area contributed by atoms with Crippen LogP contribution in [0.2, 0.25) is 5.02 Å². The highest BCUT2D eigenvalue weighted by Gasteiger charge is 2.10. The van der Waals surface area contributed by atoms with Gasteiger partial charge in [0.25, 0.3) is 0 Å². The van der Waals surface area contributed by atoms with Crippen LogP contribution in [0.3, 0.4) is 0 Å². The SMILES string of the molecule is Fc1c(Br)ccc(-c2ccccc2)c1Cl. The van der Waals surface area contributed by atoms with Gasteiger partial charge in [0, 0.05) is 5.56 Å². The van der Waals surface area contributed by atoms with Gasteiger partial charge in [-0.2, -0.15) is 0 Å². The molecule has 0 N–H and O–H groups in total. The fourth-order valence-corrected chi connectivity index (χ4v) is 2.09. The first kappa shape index (κ1) is 10.7. The number of hydrogen-bond donors (Lipinski definition) is 0. The molecule has 0 atom stereocenters. The van der Waals surface area contributed by atoms with E-state index in [0.717, 1.165) is 5.56 Å². The zero-order valence-corrected chi connectivity index (χ0v) is 10.0. The van der Waals surface area contributed by atoms with Crippen LogP contribution < -0.4 is 0 Å². The summed E-state index contributed by atoms with van der Waals surface area (Å²) in [5, 5.41) is 0.149. The van der Waals surface area contributed by atoms with Gasteiger partial charge in [-0.1, -0.05) is 48.0 Å². The highest BCUT2D eigenvalue weighted by atomic mass is 79.9. The molecule has 15 heavy (non-hydrogen) atoms. The molecule has 3 heteroatoms. The molecule has 2 rings (SSSR count). The van der Waals surface area contributed by atoms with Crippen molar-refractivity contribution in [3.63, 3.8) is 0 Å². The first-order valence-electron chi connectivity index (χ1n) is 4.39. The predicted molar refractivity (Wildman–Crippen MR) is 64.5 cm³/mol. The summed E-state index contributed by atoms with van der Waals surface area (Å²) in [6, 6.07) is 12.9. The van der Waals surface area contributed by atoms with E-state index in [1.165, 1.54) is 0 Å².